The standard InChI is InChI=1S/C10H14N4O/c11-13-9-8(4-3-5-12-9)10(15)14-6-1-2-7-14/h3-5H,1-2,6-7,11H2,(H,12,13). The molecule has 1 aliphatic rings. The van der Waals surface area contributed by atoms with Crippen LogP contribution >= 0.6 is 0 Å². The number of anilines is 1. The van der Waals surface area contributed by atoms with Crippen molar-refractivity contribution in [3.05, 3.63) is 23.9 Å². The summed E-state index contributed by atoms with van der Waals surface area (Å²) in [5.74, 6) is 5.75. The van der Waals surface area contributed by atoms with Gasteiger partial charge in [0.1, 0.15) is 0 Å². The van der Waals surface area contributed by atoms with Gasteiger partial charge in [-0.05, 0) is 25.0 Å². The minimum absolute atomic E-state index is 0.00792. The van der Waals surface area contributed by atoms with Crippen LogP contribution in [0.4, 0.5) is 5.82 Å². The zero-order valence-corrected chi connectivity index (χ0v) is 8.44. The first-order chi connectivity index (χ1) is 7.33. The third kappa shape index (κ3) is 1.92. The number of nitrogens with two attached hydrogens (primary N) is 1. The summed E-state index contributed by atoms with van der Waals surface area (Å²) in [6, 6.07) is 3.48. The molecule has 0 bridgehead atoms. The topological polar surface area (TPSA) is 71.2 Å². The van der Waals surface area contributed by atoms with E-state index < -0.39 is 0 Å². The van der Waals surface area contributed by atoms with Gasteiger partial charge in [-0.15, -0.1) is 0 Å². The van der Waals surface area contributed by atoms with E-state index in [0.717, 1.165) is 25.9 Å². The van der Waals surface area contributed by atoms with Crippen LogP contribution in [0.3, 0.4) is 0 Å². The van der Waals surface area contributed by atoms with E-state index in [2.05, 4.69) is 10.4 Å². The monoisotopic (exact) mass is 206 g/mol. The van der Waals surface area contributed by atoms with Gasteiger partial charge in [-0.2, -0.15) is 0 Å². The van der Waals surface area contributed by atoms with Gasteiger partial charge in [0.25, 0.3) is 5.91 Å². The van der Waals surface area contributed by atoms with Gasteiger partial charge in [-0.3, -0.25) is 4.79 Å². The first kappa shape index (κ1) is 9.92. The van der Waals surface area contributed by atoms with E-state index >= 15 is 0 Å². The number of nitrogens with one attached hydrogen (secondary N) is 1. The van der Waals surface area contributed by atoms with Crippen molar-refractivity contribution in [3.8, 4) is 0 Å². The second-order valence-corrected chi connectivity index (χ2v) is 3.54. The number of nitrogen functional groups attached to an aromatic ring is 1. The van der Waals surface area contributed by atoms with E-state index in [-0.39, 0.29) is 5.91 Å². The fourth-order valence-electron chi connectivity index (χ4n) is 1.78. The van der Waals surface area contributed by atoms with Crippen LogP contribution in [0.1, 0.15) is 23.2 Å². The Morgan fingerprint density at radius 3 is 2.87 bits per heavy atom. The molecule has 0 aliphatic carbocycles. The lowest BCUT2D eigenvalue weighted by molar-refractivity contribution is 0.0793. The maximum absolute atomic E-state index is 12.0. The zero-order valence-electron chi connectivity index (χ0n) is 8.44. The summed E-state index contributed by atoms with van der Waals surface area (Å²) in [7, 11) is 0. The van der Waals surface area contributed by atoms with Crippen molar-refractivity contribution in [1.82, 2.24) is 9.88 Å². The number of rotatable bonds is 2. The van der Waals surface area contributed by atoms with Gasteiger partial charge in [-0.25, -0.2) is 10.8 Å². The Morgan fingerprint density at radius 1 is 1.47 bits per heavy atom. The predicted octanol–water partition coefficient (Wildman–Crippen LogP) is 0.603. The van der Waals surface area contributed by atoms with Gasteiger partial charge < -0.3 is 10.3 Å². The second-order valence-electron chi connectivity index (χ2n) is 3.54. The number of likely N-dealkylation sites (tertiary alicyclic amines) is 1. The summed E-state index contributed by atoms with van der Waals surface area (Å²) in [5, 5.41) is 0. The lowest BCUT2D eigenvalue weighted by Crippen LogP contribution is -2.29. The molecule has 1 aliphatic heterocycles. The lowest BCUT2D eigenvalue weighted by atomic mass is 10.2. The number of aromatic nitrogens is 1. The molecule has 5 nitrogen and oxygen atoms in total. The van der Waals surface area contributed by atoms with Crippen molar-refractivity contribution in [3.63, 3.8) is 0 Å². The summed E-state index contributed by atoms with van der Waals surface area (Å²) in [5.41, 5.74) is 2.98. The average molecular weight is 206 g/mol. The Kier molecular flexibility index (Phi) is 2.82. The molecule has 0 unspecified atom stereocenters. The zero-order chi connectivity index (χ0) is 10.7. The van der Waals surface area contributed by atoms with Gasteiger partial charge in [0.2, 0.25) is 0 Å². The summed E-state index contributed by atoms with van der Waals surface area (Å²) < 4.78 is 0. The normalized spacial score (nSPS) is 15.4. The molecule has 0 radical (unpaired) electrons. The van der Waals surface area contributed by atoms with Gasteiger partial charge in [-0.1, -0.05) is 0 Å². The largest absolute Gasteiger partial charge is 0.339 e. The molecule has 0 saturated carbocycles. The molecule has 1 saturated heterocycles. The van der Waals surface area contributed by atoms with Gasteiger partial charge in [0.05, 0.1) is 5.56 Å². The van der Waals surface area contributed by atoms with E-state index in [4.69, 9.17) is 5.84 Å². The molecule has 1 amide bonds. The molecule has 2 rings (SSSR count). The first-order valence-electron chi connectivity index (χ1n) is 5.04. The number of hydrogen-bond donors (Lipinski definition) is 2. The molecule has 5 heteroatoms. The van der Waals surface area contributed by atoms with Crippen molar-refractivity contribution in [2.45, 2.75) is 12.8 Å². The van der Waals surface area contributed by atoms with Crippen molar-refractivity contribution in [2.24, 2.45) is 5.84 Å². The van der Waals surface area contributed by atoms with Crippen molar-refractivity contribution in [2.75, 3.05) is 18.5 Å². The van der Waals surface area contributed by atoms with Crippen LogP contribution in [0, 0.1) is 0 Å². The van der Waals surface area contributed by atoms with Gasteiger partial charge >= 0.3 is 0 Å². The van der Waals surface area contributed by atoms with Crippen LogP contribution < -0.4 is 11.3 Å². The van der Waals surface area contributed by atoms with Crippen LogP contribution in [0.25, 0.3) is 0 Å². The number of hydrogen-bond acceptors (Lipinski definition) is 4. The number of amides is 1. The summed E-state index contributed by atoms with van der Waals surface area (Å²) in [6.45, 7) is 1.66. The molecule has 1 aromatic heterocycles. The Labute approximate surface area is 88.3 Å². The molecule has 0 atom stereocenters. The van der Waals surface area contributed by atoms with E-state index in [0.29, 0.717) is 11.4 Å². The maximum Gasteiger partial charge on any atom is 0.257 e. The Balaban J connectivity index is 2.24. The van der Waals surface area contributed by atoms with Crippen LogP contribution in [0.15, 0.2) is 18.3 Å². The Morgan fingerprint density at radius 2 is 2.20 bits per heavy atom. The second kappa shape index (κ2) is 4.27. The van der Waals surface area contributed by atoms with E-state index in [9.17, 15) is 4.79 Å². The SMILES string of the molecule is NNc1ncccc1C(=O)N1CCCC1. The van der Waals surface area contributed by atoms with Gasteiger partial charge in [0, 0.05) is 19.3 Å². The fraction of sp³-hybridized carbons (Fsp3) is 0.400. The highest BCUT2D eigenvalue weighted by molar-refractivity contribution is 5.98. The minimum atomic E-state index is 0.00792. The quantitative estimate of drug-likeness (QED) is 0.549. The molecule has 1 aromatic rings. The number of pyridine rings is 1. The predicted molar refractivity (Wildman–Crippen MR) is 57.2 cm³/mol. The molecule has 0 spiro atoms. The highest BCUT2D eigenvalue weighted by Gasteiger charge is 2.21. The van der Waals surface area contributed by atoms with Crippen molar-refractivity contribution in [1.29, 1.82) is 0 Å². The molecule has 2 heterocycles. The van der Waals surface area contributed by atoms with E-state index in [1.807, 2.05) is 4.90 Å². The number of carbonyl (C=O) groups excluding carboxylic acids is 1. The molecular weight excluding hydrogens is 192 g/mol. The third-order valence-corrected chi connectivity index (χ3v) is 2.57. The van der Waals surface area contributed by atoms with Crippen LogP contribution in [0.2, 0.25) is 0 Å². The summed E-state index contributed by atoms with van der Waals surface area (Å²) in [6.07, 6.45) is 3.77. The molecule has 15 heavy (non-hydrogen) atoms. The average Bonchev–Trinajstić information content (AvgIpc) is 2.81. The number of nitrogens with zero attached hydrogens (tertiary/aromatic N) is 2. The van der Waals surface area contributed by atoms with E-state index in [1.54, 1.807) is 18.3 Å². The summed E-state index contributed by atoms with van der Waals surface area (Å²) in [4.78, 5) is 17.9. The van der Waals surface area contributed by atoms with Crippen LogP contribution in [-0.4, -0.2) is 28.9 Å². The molecule has 3 N–H and O–H groups in total. The smallest absolute Gasteiger partial charge is 0.257 e. The lowest BCUT2D eigenvalue weighted by Gasteiger charge is -2.16. The Bertz CT molecular complexity index is 360. The van der Waals surface area contributed by atoms with Crippen molar-refractivity contribution >= 4 is 11.7 Å². The molecule has 1 fully saturated rings. The van der Waals surface area contributed by atoms with E-state index in [1.165, 1.54) is 0 Å². The highest BCUT2D eigenvalue weighted by atomic mass is 16.2. The van der Waals surface area contributed by atoms with Crippen LogP contribution in [-0.2, 0) is 0 Å². The van der Waals surface area contributed by atoms with Crippen molar-refractivity contribution < 1.29 is 4.79 Å². The number of carbonyl (C=O) groups is 1. The minimum Gasteiger partial charge on any atom is -0.339 e. The van der Waals surface area contributed by atoms with Gasteiger partial charge in [0.15, 0.2) is 5.82 Å². The Hall–Kier alpha value is -1.62. The van der Waals surface area contributed by atoms with Crippen LogP contribution in [0.5, 0.6) is 0 Å². The fourth-order valence-corrected chi connectivity index (χ4v) is 1.78. The molecule has 80 valence electrons. The third-order valence-electron chi connectivity index (χ3n) is 2.57. The highest BCUT2D eigenvalue weighted by Crippen LogP contribution is 2.16. The molecule has 0 aromatic carbocycles. The first-order valence-corrected chi connectivity index (χ1v) is 5.04. The number of hydrazine groups is 1. The summed E-state index contributed by atoms with van der Waals surface area (Å²) >= 11 is 0. The maximum atomic E-state index is 12.0. The molecular formula is C10H14N4O.